The average molecular weight is 349 g/mol. The second-order valence-corrected chi connectivity index (χ2v) is 6.36. The van der Waals surface area contributed by atoms with Gasteiger partial charge in [0.25, 0.3) is 5.56 Å². The van der Waals surface area contributed by atoms with Crippen LogP contribution < -0.4 is 10.3 Å². The number of pyridine rings is 1. The molecule has 0 saturated carbocycles. The summed E-state index contributed by atoms with van der Waals surface area (Å²) in [4.78, 5) is 31.8. The summed E-state index contributed by atoms with van der Waals surface area (Å²) in [7, 11) is 1.60. The van der Waals surface area contributed by atoms with E-state index in [9.17, 15) is 9.59 Å². The van der Waals surface area contributed by atoms with Crippen molar-refractivity contribution in [1.29, 1.82) is 0 Å². The Balaban J connectivity index is 1.58. The minimum absolute atomic E-state index is 0.00135. The Hall–Kier alpha value is -3.15. The van der Waals surface area contributed by atoms with Crippen LogP contribution in [0.3, 0.4) is 0 Å². The average Bonchev–Trinajstić information content (AvgIpc) is 2.68. The zero-order chi connectivity index (χ0) is 18.1. The molecule has 1 aliphatic heterocycles. The van der Waals surface area contributed by atoms with Crippen LogP contribution in [0.1, 0.15) is 16.8 Å². The second-order valence-electron chi connectivity index (χ2n) is 6.36. The molecule has 0 fully saturated rings. The third-order valence-electron chi connectivity index (χ3n) is 4.72. The molecule has 0 unspecified atom stereocenters. The molecule has 26 heavy (non-hydrogen) atoms. The number of fused-ring (bicyclic) bond motifs is 2. The zero-order valence-corrected chi connectivity index (χ0v) is 14.5. The van der Waals surface area contributed by atoms with Gasteiger partial charge in [-0.25, -0.2) is 4.98 Å². The predicted octanol–water partition coefficient (Wildman–Crippen LogP) is 1.83. The van der Waals surface area contributed by atoms with Gasteiger partial charge in [-0.3, -0.25) is 14.0 Å². The zero-order valence-electron chi connectivity index (χ0n) is 14.5. The summed E-state index contributed by atoms with van der Waals surface area (Å²) >= 11 is 0. The maximum atomic E-state index is 12.8. The SMILES string of the molecule is COc1cccc(CC(=O)N2CCc3nc4ccccn4c(=O)c3C2)c1. The normalized spacial score (nSPS) is 13.5. The Morgan fingerprint density at radius 3 is 2.96 bits per heavy atom. The number of hydrogen-bond acceptors (Lipinski definition) is 4. The molecular weight excluding hydrogens is 330 g/mol. The molecule has 132 valence electrons. The number of rotatable bonds is 3. The Bertz CT molecular complexity index is 1040. The number of ether oxygens (including phenoxy) is 1. The molecule has 6 heteroatoms. The van der Waals surface area contributed by atoms with Crippen molar-refractivity contribution in [3.05, 3.63) is 75.8 Å². The smallest absolute Gasteiger partial charge is 0.263 e. The van der Waals surface area contributed by atoms with Gasteiger partial charge in [0.05, 0.1) is 31.3 Å². The molecule has 6 nitrogen and oxygen atoms in total. The molecule has 1 aliphatic rings. The second kappa shape index (κ2) is 6.63. The van der Waals surface area contributed by atoms with Gasteiger partial charge in [0.1, 0.15) is 11.4 Å². The minimum atomic E-state index is -0.0931. The molecule has 0 saturated heterocycles. The van der Waals surface area contributed by atoms with Gasteiger partial charge in [-0.2, -0.15) is 0 Å². The van der Waals surface area contributed by atoms with Gasteiger partial charge in [0.15, 0.2) is 0 Å². The first kappa shape index (κ1) is 16.3. The highest BCUT2D eigenvalue weighted by Gasteiger charge is 2.25. The molecule has 3 heterocycles. The standard InChI is InChI=1S/C20H19N3O3/c1-26-15-6-4-5-14(11-15)12-19(24)22-10-8-17-16(13-22)20(25)23-9-3-2-7-18(23)21-17/h2-7,9,11H,8,10,12-13H2,1H3. The van der Waals surface area contributed by atoms with Crippen molar-refractivity contribution >= 4 is 11.6 Å². The minimum Gasteiger partial charge on any atom is -0.497 e. The van der Waals surface area contributed by atoms with E-state index in [1.54, 1.807) is 24.3 Å². The number of amides is 1. The van der Waals surface area contributed by atoms with Gasteiger partial charge in [0, 0.05) is 19.2 Å². The summed E-state index contributed by atoms with van der Waals surface area (Å²) in [6, 6.07) is 13.0. The van der Waals surface area contributed by atoms with E-state index in [2.05, 4.69) is 4.98 Å². The number of methoxy groups -OCH3 is 1. The third-order valence-corrected chi connectivity index (χ3v) is 4.72. The molecular formula is C20H19N3O3. The van der Waals surface area contributed by atoms with Gasteiger partial charge < -0.3 is 9.64 Å². The fourth-order valence-corrected chi connectivity index (χ4v) is 3.33. The summed E-state index contributed by atoms with van der Waals surface area (Å²) in [5, 5.41) is 0. The largest absolute Gasteiger partial charge is 0.497 e. The molecule has 1 aromatic carbocycles. The molecule has 0 spiro atoms. The van der Waals surface area contributed by atoms with Gasteiger partial charge in [-0.1, -0.05) is 18.2 Å². The fraction of sp³-hybridized carbons (Fsp3) is 0.250. The van der Waals surface area contributed by atoms with Crippen molar-refractivity contribution < 1.29 is 9.53 Å². The van der Waals surface area contributed by atoms with E-state index in [1.165, 1.54) is 4.40 Å². The van der Waals surface area contributed by atoms with Gasteiger partial charge in [-0.05, 0) is 29.8 Å². The van der Waals surface area contributed by atoms with Crippen LogP contribution in [0.4, 0.5) is 0 Å². The van der Waals surface area contributed by atoms with E-state index in [0.29, 0.717) is 30.7 Å². The van der Waals surface area contributed by atoms with E-state index in [-0.39, 0.29) is 17.9 Å². The third kappa shape index (κ3) is 2.94. The Morgan fingerprint density at radius 2 is 2.12 bits per heavy atom. The number of carbonyl (C=O) groups is 1. The van der Waals surface area contributed by atoms with Crippen LogP contribution in [-0.4, -0.2) is 33.8 Å². The quantitative estimate of drug-likeness (QED) is 0.724. The van der Waals surface area contributed by atoms with E-state index >= 15 is 0 Å². The number of aromatic nitrogens is 2. The van der Waals surface area contributed by atoms with E-state index in [1.807, 2.05) is 36.4 Å². The van der Waals surface area contributed by atoms with Crippen LogP contribution in [0.5, 0.6) is 5.75 Å². The molecule has 3 aromatic rings. The summed E-state index contributed by atoms with van der Waals surface area (Å²) in [5.74, 6) is 0.731. The molecule has 0 aliphatic carbocycles. The lowest BCUT2D eigenvalue weighted by molar-refractivity contribution is -0.131. The van der Waals surface area contributed by atoms with Crippen molar-refractivity contribution in [2.75, 3.05) is 13.7 Å². The molecule has 2 aromatic heterocycles. The summed E-state index contributed by atoms with van der Waals surface area (Å²) in [6.45, 7) is 0.882. The predicted molar refractivity (Wildman–Crippen MR) is 97.3 cm³/mol. The lowest BCUT2D eigenvalue weighted by atomic mass is 10.0. The van der Waals surface area contributed by atoms with Gasteiger partial charge in [0.2, 0.25) is 5.91 Å². The van der Waals surface area contributed by atoms with Crippen LogP contribution in [0.15, 0.2) is 53.5 Å². The summed E-state index contributed by atoms with van der Waals surface area (Å²) < 4.78 is 6.74. The highest BCUT2D eigenvalue weighted by atomic mass is 16.5. The Morgan fingerprint density at radius 1 is 1.23 bits per heavy atom. The molecule has 4 rings (SSSR count). The number of nitrogens with zero attached hydrogens (tertiary/aromatic N) is 3. The van der Waals surface area contributed by atoms with Crippen LogP contribution in [0.2, 0.25) is 0 Å². The molecule has 0 radical (unpaired) electrons. The van der Waals surface area contributed by atoms with Crippen LogP contribution in [0, 0.1) is 0 Å². The van der Waals surface area contributed by atoms with Crippen molar-refractivity contribution in [3.8, 4) is 5.75 Å². The fourth-order valence-electron chi connectivity index (χ4n) is 3.33. The molecule has 0 atom stereocenters. The first-order valence-corrected chi connectivity index (χ1v) is 8.55. The first-order valence-electron chi connectivity index (χ1n) is 8.55. The Labute approximate surface area is 150 Å². The van der Waals surface area contributed by atoms with E-state index in [0.717, 1.165) is 17.0 Å². The number of hydrogen-bond donors (Lipinski definition) is 0. The van der Waals surface area contributed by atoms with Crippen molar-refractivity contribution in [2.45, 2.75) is 19.4 Å². The summed E-state index contributed by atoms with van der Waals surface area (Å²) in [5.41, 5.74) is 2.86. The molecule has 0 bridgehead atoms. The monoisotopic (exact) mass is 349 g/mol. The van der Waals surface area contributed by atoms with Crippen molar-refractivity contribution in [1.82, 2.24) is 14.3 Å². The van der Waals surface area contributed by atoms with Crippen LogP contribution in [0.25, 0.3) is 5.65 Å². The first-order chi connectivity index (χ1) is 12.7. The lowest BCUT2D eigenvalue weighted by Gasteiger charge is -2.28. The molecule has 0 N–H and O–H groups in total. The maximum absolute atomic E-state index is 12.8. The van der Waals surface area contributed by atoms with Crippen molar-refractivity contribution in [2.24, 2.45) is 0 Å². The molecule has 1 amide bonds. The van der Waals surface area contributed by atoms with Gasteiger partial charge >= 0.3 is 0 Å². The maximum Gasteiger partial charge on any atom is 0.263 e. The Kier molecular flexibility index (Phi) is 4.16. The van der Waals surface area contributed by atoms with Crippen LogP contribution in [-0.2, 0) is 24.2 Å². The highest BCUT2D eigenvalue weighted by molar-refractivity contribution is 5.79. The number of carbonyl (C=O) groups excluding carboxylic acids is 1. The highest BCUT2D eigenvalue weighted by Crippen LogP contribution is 2.18. The number of benzene rings is 1. The van der Waals surface area contributed by atoms with E-state index in [4.69, 9.17) is 4.74 Å². The lowest BCUT2D eigenvalue weighted by Crippen LogP contribution is -2.40. The topological polar surface area (TPSA) is 63.9 Å². The van der Waals surface area contributed by atoms with Crippen molar-refractivity contribution in [3.63, 3.8) is 0 Å². The summed E-state index contributed by atoms with van der Waals surface area (Å²) in [6.07, 6.45) is 2.59. The van der Waals surface area contributed by atoms with E-state index < -0.39 is 0 Å². The van der Waals surface area contributed by atoms with Crippen LogP contribution >= 0.6 is 0 Å². The van der Waals surface area contributed by atoms with Gasteiger partial charge in [-0.15, -0.1) is 0 Å².